The van der Waals surface area contributed by atoms with Crippen LogP contribution in [-0.4, -0.2) is 19.5 Å². The molecule has 124 valence electrons. The Labute approximate surface area is 138 Å². The third kappa shape index (κ3) is 2.34. The molecule has 2 heterocycles. The van der Waals surface area contributed by atoms with E-state index in [9.17, 15) is 14.3 Å². The molecule has 1 fully saturated rings. The third-order valence-corrected chi connectivity index (χ3v) is 4.46. The van der Waals surface area contributed by atoms with Crippen LogP contribution in [0.2, 0.25) is 0 Å². The molecule has 0 bridgehead atoms. The average Bonchev–Trinajstić information content (AvgIpc) is 3.28. The molecular formula is C18H18FN3O2. The van der Waals surface area contributed by atoms with Gasteiger partial charge in [-0.3, -0.25) is 9.48 Å². The smallest absolute Gasteiger partial charge is 0.189 e. The maximum atomic E-state index is 13.6. The molecule has 1 atom stereocenters. The number of rotatable bonds is 3. The molecule has 0 aliphatic heterocycles. The van der Waals surface area contributed by atoms with E-state index in [1.165, 1.54) is 18.2 Å². The number of hydrogen-bond donors (Lipinski definition) is 1. The second-order valence-corrected chi connectivity index (χ2v) is 6.43. The number of aliphatic hydroxyl groups excluding tert-OH is 1. The number of halogens is 1. The molecule has 24 heavy (non-hydrogen) atoms. The molecule has 0 radical (unpaired) electrons. The number of aromatic nitrogens is 3. The quantitative estimate of drug-likeness (QED) is 0.804. The summed E-state index contributed by atoms with van der Waals surface area (Å²) in [5.41, 5.74) is 2.40. The maximum absolute atomic E-state index is 13.6. The van der Waals surface area contributed by atoms with Crippen LogP contribution in [0.3, 0.4) is 0 Å². The Morgan fingerprint density at radius 3 is 2.75 bits per heavy atom. The minimum Gasteiger partial charge on any atom is -0.387 e. The van der Waals surface area contributed by atoms with Gasteiger partial charge in [0.05, 0.1) is 23.3 Å². The van der Waals surface area contributed by atoms with Gasteiger partial charge >= 0.3 is 0 Å². The van der Waals surface area contributed by atoms with E-state index in [4.69, 9.17) is 0 Å². The van der Waals surface area contributed by atoms with Crippen molar-refractivity contribution in [1.82, 2.24) is 14.3 Å². The van der Waals surface area contributed by atoms with Crippen molar-refractivity contribution in [2.75, 3.05) is 0 Å². The van der Waals surface area contributed by atoms with Crippen LogP contribution in [0.5, 0.6) is 0 Å². The molecule has 5 nitrogen and oxygen atoms in total. The van der Waals surface area contributed by atoms with Crippen molar-refractivity contribution in [3.63, 3.8) is 0 Å². The van der Waals surface area contributed by atoms with Crippen LogP contribution in [0.1, 0.15) is 43.3 Å². The third-order valence-electron chi connectivity index (χ3n) is 4.46. The Balaban J connectivity index is 2.05. The Kier molecular flexibility index (Phi) is 3.31. The summed E-state index contributed by atoms with van der Waals surface area (Å²) in [6, 6.07) is 6.05. The molecule has 1 aliphatic rings. The molecule has 0 saturated heterocycles. The fourth-order valence-electron chi connectivity index (χ4n) is 3.13. The number of nitrogens with zero attached hydrogens (tertiary/aromatic N) is 3. The Morgan fingerprint density at radius 1 is 1.33 bits per heavy atom. The van der Waals surface area contributed by atoms with Crippen molar-refractivity contribution in [3.8, 4) is 5.69 Å². The maximum Gasteiger partial charge on any atom is 0.189 e. The Morgan fingerprint density at radius 2 is 2.08 bits per heavy atom. The SMILES string of the molecule is Cc1cc(=O)c2cc(F)ccc2n1-c1cn(C2CC2)nc1C(C)O. The van der Waals surface area contributed by atoms with Gasteiger partial charge in [0.1, 0.15) is 11.5 Å². The molecule has 1 saturated carbocycles. The molecule has 1 unspecified atom stereocenters. The summed E-state index contributed by atoms with van der Waals surface area (Å²) >= 11 is 0. The van der Waals surface area contributed by atoms with E-state index in [1.807, 2.05) is 22.4 Å². The fraction of sp³-hybridized carbons (Fsp3) is 0.333. The number of pyridine rings is 1. The van der Waals surface area contributed by atoms with Gasteiger partial charge < -0.3 is 9.67 Å². The van der Waals surface area contributed by atoms with Gasteiger partial charge in [0.25, 0.3) is 0 Å². The van der Waals surface area contributed by atoms with Gasteiger partial charge in [-0.2, -0.15) is 5.10 Å². The van der Waals surface area contributed by atoms with Gasteiger partial charge in [-0.1, -0.05) is 0 Å². The van der Waals surface area contributed by atoms with E-state index >= 15 is 0 Å². The minimum atomic E-state index is -0.741. The number of benzene rings is 1. The van der Waals surface area contributed by atoms with Crippen molar-refractivity contribution in [1.29, 1.82) is 0 Å². The highest BCUT2D eigenvalue weighted by molar-refractivity contribution is 5.81. The van der Waals surface area contributed by atoms with Crippen LogP contribution in [0.4, 0.5) is 4.39 Å². The molecule has 4 rings (SSSR count). The minimum absolute atomic E-state index is 0.216. The first-order valence-corrected chi connectivity index (χ1v) is 8.05. The summed E-state index contributed by atoms with van der Waals surface area (Å²) in [6.45, 7) is 3.49. The largest absolute Gasteiger partial charge is 0.387 e. The van der Waals surface area contributed by atoms with Gasteiger partial charge in [0, 0.05) is 23.3 Å². The molecule has 0 amide bonds. The van der Waals surface area contributed by atoms with Crippen LogP contribution in [0, 0.1) is 12.7 Å². The molecular weight excluding hydrogens is 309 g/mol. The van der Waals surface area contributed by atoms with Crippen molar-refractivity contribution in [2.45, 2.75) is 38.8 Å². The standard InChI is InChI=1S/C18H18FN3O2/c1-10-7-17(24)14-8-12(19)3-6-15(14)22(10)16-9-21(13-4-5-13)20-18(16)11(2)23/h3,6-9,11,13,23H,4-5H2,1-2H3. The highest BCUT2D eigenvalue weighted by Gasteiger charge is 2.27. The summed E-state index contributed by atoms with van der Waals surface area (Å²) in [5.74, 6) is -0.445. The normalized spacial score (nSPS) is 15.8. The van der Waals surface area contributed by atoms with Crippen LogP contribution < -0.4 is 5.43 Å². The van der Waals surface area contributed by atoms with E-state index in [2.05, 4.69) is 5.10 Å². The van der Waals surface area contributed by atoms with Gasteiger partial charge in [-0.15, -0.1) is 0 Å². The fourth-order valence-corrected chi connectivity index (χ4v) is 3.13. The van der Waals surface area contributed by atoms with E-state index in [0.29, 0.717) is 22.6 Å². The van der Waals surface area contributed by atoms with E-state index in [1.54, 1.807) is 13.0 Å². The average molecular weight is 327 g/mol. The van der Waals surface area contributed by atoms with Gasteiger partial charge in [0.15, 0.2) is 5.43 Å². The number of fused-ring (bicyclic) bond motifs is 1. The van der Waals surface area contributed by atoms with Gasteiger partial charge in [-0.25, -0.2) is 4.39 Å². The zero-order valence-corrected chi connectivity index (χ0v) is 13.5. The van der Waals surface area contributed by atoms with Crippen LogP contribution in [0.25, 0.3) is 16.6 Å². The van der Waals surface area contributed by atoms with Crippen molar-refractivity contribution >= 4 is 10.9 Å². The topological polar surface area (TPSA) is 60.0 Å². The number of aliphatic hydroxyl groups is 1. The molecule has 6 heteroatoms. The monoisotopic (exact) mass is 327 g/mol. The zero-order valence-electron chi connectivity index (χ0n) is 13.5. The molecule has 1 aromatic carbocycles. The highest BCUT2D eigenvalue weighted by Crippen LogP contribution is 2.36. The van der Waals surface area contributed by atoms with Gasteiger partial charge in [0.2, 0.25) is 0 Å². The second-order valence-electron chi connectivity index (χ2n) is 6.43. The van der Waals surface area contributed by atoms with Crippen molar-refractivity contribution in [3.05, 3.63) is 57.9 Å². The van der Waals surface area contributed by atoms with E-state index in [0.717, 1.165) is 24.2 Å². The lowest BCUT2D eigenvalue weighted by Crippen LogP contribution is -2.12. The molecule has 0 spiro atoms. The predicted molar refractivity (Wildman–Crippen MR) is 88.9 cm³/mol. The summed E-state index contributed by atoms with van der Waals surface area (Å²) in [4.78, 5) is 12.2. The Bertz CT molecular complexity index is 999. The molecule has 2 aromatic heterocycles. The Hall–Kier alpha value is -2.47. The summed E-state index contributed by atoms with van der Waals surface area (Å²) < 4.78 is 17.3. The first-order chi connectivity index (χ1) is 11.5. The number of hydrogen-bond acceptors (Lipinski definition) is 3. The van der Waals surface area contributed by atoms with E-state index < -0.39 is 11.9 Å². The summed E-state index contributed by atoms with van der Waals surface area (Å²) in [6.07, 6.45) is 3.32. The molecule has 3 aromatic rings. The number of aryl methyl sites for hydroxylation is 1. The van der Waals surface area contributed by atoms with Crippen LogP contribution >= 0.6 is 0 Å². The highest BCUT2D eigenvalue weighted by atomic mass is 19.1. The van der Waals surface area contributed by atoms with Crippen molar-refractivity contribution in [2.24, 2.45) is 0 Å². The summed E-state index contributed by atoms with van der Waals surface area (Å²) in [7, 11) is 0. The molecule has 1 N–H and O–H groups in total. The van der Waals surface area contributed by atoms with Crippen LogP contribution in [-0.2, 0) is 0 Å². The lowest BCUT2D eigenvalue weighted by molar-refractivity contribution is 0.193. The van der Waals surface area contributed by atoms with E-state index in [-0.39, 0.29) is 5.43 Å². The zero-order chi connectivity index (χ0) is 17.0. The first kappa shape index (κ1) is 15.1. The summed E-state index contributed by atoms with van der Waals surface area (Å²) in [5, 5.41) is 15.0. The van der Waals surface area contributed by atoms with Gasteiger partial charge in [-0.05, 0) is 44.9 Å². The lowest BCUT2D eigenvalue weighted by Gasteiger charge is -2.15. The lowest BCUT2D eigenvalue weighted by atomic mass is 10.1. The molecule has 1 aliphatic carbocycles. The van der Waals surface area contributed by atoms with Crippen LogP contribution in [0.15, 0.2) is 35.3 Å². The second kappa shape index (κ2) is 5.27. The first-order valence-electron chi connectivity index (χ1n) is 8.05. The van der Waals surface area contributed by atoms with Crippen molar-refractivity contribution < 1.29 is 9.50 Å². The predicted octanol–water partition coefficient (Wildman–Crippen LogP) is 3.02.